The molecule has 1 saturated carbocycles. The van der Waals surface area contributed by atoms with E-state index in [2.05, 4.69) is 34.2 Å². The monoisotopic (exact) mass is 352 g/mol. The summed E-state index contributed by atoms with van der Waals surface area (Å²) >= 11 is 5.97. The van der Waals surface area contributed by atoms with Gasteiger partial charge in [-0.25, -0.2) is 0 Å². The third-order valence-electron chi connectivity index (χ3n) is 4.02. The minimum Gasteiger partial charge on any atom is -0.373 e. The van der Waals surface area contributed by atoms with Crippen LogP contribution in [0.2, 0.25) is 0 Å². The average molecular weight is 353 g/mol. The van der Waals surface area contributed by atoms with Crippen LogP contribution in [-0.2, 0) is 11.3 Å². The van der Waals surface area contributed by atoms with Gasteiger partial charge in [-0.15, -0.1) is 15.0 Å². The minimum atomic E-state index is -0.391. The van der Waals surface area contributed by atoms with E-state index in [1.54, 1.807) is 12.3 Å². The van der Waals surface area contributed by atoms with Crippen LogP contribution >= 0.6 is 11.6 Å². The second-order valence-corrected chi connectivity index (χ2v) is 6.35. The van der Waals surface area contributed by atoms with E-state index in [4.69, 9.17) is 11.6 Å². The fourth-order valence-electron chi connectivity index (χ4n) is 2.40. The Labute approximate surface area is 147 Å². The molecule has 1 aromatic heterocycles. The Morgan fingerprint density at radius 2 is 2.38 bits per heavy atom. The molecule has 1 heterocycles. The van der Waals surface area contributed by atoms with Gasteiger partial charge in [0.05, 0.1) is 12.7 Å². The van der Waals surface area contributed by atoms with Crippen LogP contribution in [0, 0.1) is 5.92 Å². The van der Waals surface area contributed by atoms with Crippen LogP contribution in [0.3, 0.4) is 0 Å². The van der Waals surface area contributed by atoms with Crippen molar-refractivity contribution in [1.29, 1.82) is 0 Å². The predicted octanol–water partition coefficient (Wildman–Crippen LogP) is 2.37. The average Bonchev–Trinajstić information content (AvgIpc) is 2.95. The largest absolute Gasteiger partial charge is 0.373 e. The fraction of sp³-hybridized carbons (Fsp3) is 0.625. The molecule has 1 N–H and O–H groups in total. The quantitative estimate of drug-likeness (QED) is 0.516. The molecule has 1 atom stereocenters. The second kappa shape index (κ2) is 9.42. The molecule has 0 aromatic carbocycles. The number of hydrogen-bond donors (Lipinski definition) is 1. The maximum Gasteiger partial charge on any atom is 0.226 e. The highest BCUT2D eigenvalue weighted by molar-refractivity contribution is 6.21. The van der Waals surface area contributed by atoms with Gasteiger partial charge in [0.25, 0.3) is 0 Å². The summed E-state index contributed by atoms with van der Waals surface area (Å²) in [5.74, 6) is 0.933. The van der Waals surface area contributed by atoms with Crippen molar-refractivity contribution in [3.05, 3.63) is 24.7 Å². The van der Waals surface area contributed by atoms with Gasteiger partial charge in [0.1, 0.15) is 5.50 Å². The zero-order valence-corrected chi connectivity index (χ0v) is 14.8. The van der Waals surface area contributed by atoms with E-state index in [-0.39, 0.29) is 11.8 Å². The number of hydrogen-bond acceptors (Lipinski definition) is 5. The minimum absolute atomic E-state index is 0.179. The third kappa shape index (κ3) is 5.33. The van der Waals surface area contributed by atoms with Gasteiger partial charge in [-0.3, -0.25) is 4.79 Å². The normalized spacial score (nSPS) is 15.9. The van der Waals surface area contributed by atoms with Crippen molar-refractivity contribution >= 4 is 23.7 Å². The smallest absolute Gasteiger partial charge is 0.226 e. The Kier molecular flexibility index (Phi) is 7.24. The summed E-state index contributed by atoms with van der Waals surface area (Å²) in [6.45, 7) is 6.80. The molecular formula is C16H25ClN6O. The summed E-state index contributed by atoms with van der Waals surface area (Å²) < 4.78 is 0. The summed E-state index contributed by atoms with van der Waals surface area (Å²) in [6.07, 6.45) is 9.99. The molecule has 1 aromatic rings. The SMILES string of the molecule is C=CNC(Cl)/C=C/n1nnc(CN(CCCC)C(=O)C2CCC2)n1. The van der Waals surface area contributed by atoms with Crippen molar-refractivity contribution in [2.24, 2.45) is 5.92 Å². The molecule has 1 aliphatic rings. The van der Waals surface area contributed by atoms with Crippen LogP contribution in [0.15, 0.2) is 18.9 Å². The van der Waals surface area contributed by atoms with Crippen molar-refractivity contribution in [2.45, 2.75) is 51.1 Å². The van der Waals surface area contributed by atoms with Crippen LogP contribution in [0.1, 0.15) is 44.9 Å². The number of nitrogens with zero attached hydrogens (tertiary/aromatic N) is 5. The van der Waals surface area contributed by atoms with E-state index in [9.17, 15) is 4.79 Å². The lowest BCUT2D eigenvalue weighted by molar-refractivity contribution is -0.139. The first-order valence-corrected chi connectivity index (χ1v) is 8.84. The highest BCUT2D eigenvalue weighted by Crippen LogP contribution is 2.28. The molecule has 1 unspecified atom stereocenters. The van der Waals surface area contributed by atoms with Crippen LogP contribution in [0.4, 0.5) is 0 Å². The lowest BCUT2D eigenvalue weighted by Gasteiger charge is -2.31. The molecule has 1 aliphatic carbocycles. The van der Waals surface area contributed by atoms with E-state index >= 15 is 0 Å². The summed E-state index contributed by atoms with van der Waals surface area (Å²) in [4.78, 5) is 15.7. The summed E-state index contributed by atoms with van der Waals surface area (Å²) in [5, 5.41) is 15.1. The number of carbonyl (C=O) groups is 1. The molecule has 8 heteroatoms. The number of rotatable bonds is 10. The maximum atomic E-state index is 12.5. The number of halogens is 1. The number of alkyl halides is 1. The highest BCUT2D eigenvalue weighted by Gasteiger charge is 2.29. The van der Waals surface area contributed by atoms with Crippen LogP contribution in [0.5, 0.6) is 0 Å². The van der Waals surface area contributed by atoms with Gasteiger partial charge >= 0.3 is 0 Å². The highest BCUT2D eigenvalue weighted by atomic mass is 35.5. The lowest BCUT2D eigenvalue weighted by atomic mass is 9.84. The molecule has 132 valence electrons. The molecule has 0 bridgehead atoms. The van der Waals surface area contributed by atoms with E-state index in [0.29, 0.717) is 12.4 Å². The van der Waals surface area contributed by atoms with Gasteiger partial charge in [0.15, 0.2) is 5.82 Å². The molecule has 1 fully saturated rings. The molecule has 2 rings (SSSR count). The van der Waals surface area contributed by atoms with Crippen molar-refractivity contribution in [2.75, 3.05) is 6.54 Å². The van der Waals surface area contributed by atoms with Crippen molar-refractivity contribution in [3.63, 3.8) is 0 Å². The van der Waals surface area contributed by atoms with Crippen LogP contribution < -0.4 is 5.32 Å². The van der Waals surface area contributed by atoms with Gasteiger partial charge in [0.2, 0.25) is 5.91 Å². The number of nitrogens with one attached hydrogen (secondary N) is 1. The first-order chi connectivity index (χ1) is 11.6. The van der Waals surface area contributed by atoms with E-state index in [1.807, 2.05) is 4.90 Å². The van der Waals surface area contributed by atoms with Gasteiger partial charge in [-0.2, -0.15) is 0 Å². The van der Waals surface area contributed by atoms with E-state index in [0.717, 1.165) is 38.6 Å². The van der Waals surface area contributed by atoms with E-state index in [1.165, 1.54) is 11.0 Å². The summed E-state index contributed by atoms with van der Waals surface area (Å²) in [5.41, 5.74) is -0.391. The van der Waals surface area contributed by atoms with Crippen LogP contribution in [-0.4, -0.2) is 43.1 Å². The van der Waals surface area contributed by atoms with Crippen LogP contribution in [0.25, 0.3) is 6.20 Å². The third-order valence-corrected chi connectivity index (χ3v) is 4.29. The molecule has 0 spiro atoms. The Balaban J connectivity index is 1.95. The molecule has 1 amide bonds. The Hall–Kier alpha value is -1.89. The summed E-state index contributed by atoms with van der Waals surface area (Å²) in [7, 11) is 0. The van der Waals surface area contributed by atoms with Gasteiger partial charge < -0.3 is 10.2 Å². The number of carbonyl (C=O) groups excluding carboxylic acids is 1. The standard InChI is InChI=1S/C16H25ClN6O/c1-3-5-10-22(16(24)13-7-6-8-13)12-15-19-21-23(20-15)11-9-14(17)18-4-2/h4,9,11,13-14,18H,2-3,5-8,10,12H2,1H3/b11-9+. The zero-order chi connectivity index (χ0) is 17.4. The number of amides is 1. The Morgan fingerprint density at radius 3 is 3.00 bits per heavy atom. The lowest BCUT2D eigenvalue weighted by Crippen LogP contribution is -2.39. The predicted molar refractivity (Wildman–Crippen MR) is 93.8 cm³/mol. The topological polar surface area (TPSA) is 75.9 Å². The fourth-order valence-corrected chi connectivity index (χ4v) is 2.56. The molecule has 24 heavy (non-hydrogen) atoms. The van der Waals surface area contributed by atoms with Gasteiger partial charge in [0, 0.05) is 12.5 Å². The Bertz CT molecular complexity index is 569. The molecule has 0 radical (unpaired) electrons. The van der Waals surface area contributed by atoms with Crippen molar-refractivity contribution in [1.82, 2.24) is 30.4 Å². The molecular weight excluding hydrogens is 328 g/mol. The molecule has 7 nitrogen and oxygen atoms in total. The molecule has 0 saturated heterocycles. The first-order valence-electron chi connectivity index (χ1n) is 8.40. The van der Waals surface area contributed by atoms with Crippen molar-refractivity contribution < 1.29 is 4.79 Å². The van der Waals surface area contributed by atoms with Gasteiger partial charge in [-0.1, -0.05) is 37.9 Å². The van der Waals surface area contributed by atoms with Crippen molar-refractivity contribution in [3.8, 4) is 0 Å². The number of aromatic nitrogens is 4. The number of unbranched alkanes of at least 4 members (excludes halogenated alkanes) is 1. The van der Waals surface area contributed by atoms with E-state index < -0.39 is 5.50 Å². The maximum absolute atomic E-state index is 12.5. The Morgan fingerprint density at radius 1 is 1.58 bits per heavy atom. The zero-order valence-electron chi connectivity index (χ0n) is 14.1. The summed E-state index contributed by atoms with van der Waals surface area (Å²) in [6, 6.07) is 0. The first kappa shape index (κ1) is 18.4. The number of tetrazole rings is 1. The molecule has 0 aliphatic heterocycles. The van der Waals surface area contributed by atoms with Gasteiger partial charge in [-0.05, 0) is 36.8 Å². The second-order valence-electron chi connectivity index (χ2n) is 5.88.